The van der Waals surface area contributed by atoms with E-state index in [0.717, 1.165) is 11.3 Å². The van der Waals surface area contributed by atoms with Crippen LogP contribution < -0.4 is 11.1 Å². The number of nitrogens with one attached hydrogen (secondary N) is 1. The van der Waals surface area contributed by atoms with Crippen molar-refractivity contribution in [3.8, 4) is 0 Å². The minimum absolute atomic E-state index is 0.117. The Morgan fingerprint density at radius 3 is 2.82 bits per heavy atom. The van der Waals surface area contributed by atoms with Gasteiger partial charge in [-0.2, -0.15) is 0 Å². The van der Waals surface area contributed by atoms with Gasteiger partial charge in [-0.15, -0.1) is 11.3 Å². The zero-order valence-corrected chi connectivity index (χ0v) is 11.2. The van der Waals surface area contributed by atoms with Gasteiger partial charge >= 0.3 is 0 Å². The minimum Gasteiger partial charge on any atom is -0.385 e. The van der Waals surface area contributed by atoms with Crippen LogP contribution in [0.3, 0.4) is 0 Å². The molecule has 1 heterocycles. The molecule has 3 N–H and O–H groups in total. The Balaban J connectivity index is 2.32. The average molecular weight is 256 g/mol. The number of amides is 1. The lowest BCUT2D eigenvalue weighted by Gasteiger charge is -2.10. The van der Waals surface area contributed by atoms with E-state index in [9.17, 15) is 4.79 Å². The van der Waals surface area contributed by atoms with E-state index in [2.05, 4.69) is 18.3 Å². The Labute approximate surface area is 106 Å². The minimum atomic E-state index is -0.486. The molecule has 0 saturated carbocycles. The van der Waals surface area contributed by atoms with Crippen molar-refractivity contribution >= 4 is 17.2 Å². The Kier molecular flexibility index (Phi) is 6.18. The van der Waals surface area contributed by atoms with Crippen LogP contribution in [0.2, 0.25) is 0 Å². The van der Waals surface area contributed by atoms with Crippen molar-refractivity contribution in [3.63, 3.8) is 0 Å². The molecular formula is C12H20N2O2S. The third kappa shape index (κ3) is 4.85. The summed E-state index contributed by atoms with van der Waals surface area (Å²) in [5, 5.41) is 2.84. The molecule has 0 spiro atoms. The maximum atomic E-state index is 11.6. The highest BCUT2D eigenvalue weighted by Crippen LogP contribution is 2.16. The molecule has 0 radical (unpaired) electrons. The highest BCUT2D eigenvalue weighted by atomic mass is 32.1. The van der Waals surface area contributed by atoms with Crippen molar-refractivity contribution in [3.05, 3.63) is 21.9 Å². The highest BCUT2D eigenvalue weighted by molar-refractivity contribution is 7.11. The van der Waals surface area contributed by atoms with E-state index in [4.69, 9.17) is 10.5 Å². The predicted octanol–water partition coefficient (Wildman–Crippen LogP) is 1.29. The van der Waals surface area contributed by atoms with E-state index in [0.29, 0.717) is 19.6 Å². The largest absolute Gasteiger partial charge is 0.385 e. The van der Waals surface area contributed by atoms with Crippen LogP contribution >= 0.6 is 11.3 Å². The number of nitrogens with two attached hydrogens (primary N) is 1. The highest BCUT2D eigenvalue weighted by Gasteiger charge is 2.12. The van der Waals surface area contributed by atoms with Crippen LogP contribution in [0.4, 0.5) is 0 Å². The summed E-state index contributed by atoms with van der Waals surface area (Å²) in [5.74, 6) is -0.117. The number of hydrogen-bond donors (Lipinski definition) is 2. The topological polar surface area (TPSA) is 64.4 Å². The van der Waals surface area contributed by atoms with Gasteiger partial charge in [-0.3, -0.25) is 4.79 Å². The molecule has 0 aliphatic rings. The lowest BCUT2D eigenvalue weighted by atomic mass is 10.2. The maximum Gasteiger partial charge on any atom is 0.237 e. The van der Waals surface area contributed by atoms with Crippen LogP contribution in [0.25, 0.3) is 0 Å². The molecule has 0 aromatic carbocycles. The molecule has 17 heavy (non-hydrogen) atoms. The quantitative estimate of drug-likeness (QED) is 0.772. The van der Waals surface area contributed by atoms with Crippen LogP contribution in [0.1, 0.15) is 23.1 Å². The lowest BCUT2D eigenvalue weighted by Crippen LogP contribution is -2.40. The molecule has 0 aliphatic heterocycles. The van der Waals surface area contributed by atoms with Crippen molar-refractivity contribution in [2.45, 2.75) is 32.4 Å². The van der Waals surface area contributed by atoms with Gasteiger partial charge in [0.1, 0.15) is 0 Å². The summed E-state index contributed by atoms with van der Waals surface area (Å²) in [6, 6.07) is 3.65. The molecule has 5 heteroatoms. The molecule has 1 amide bonds. The summed E-state index contributed by atoms with van der Waals surface area (Å²) in [6.45, 7) is 3.19. The molecule has 0 fully saturated rings. The molecule has 1 rings (SSSR count). The van der Waals surface area contributed by atoms with E-state index in [1.807, 2.05) is 6.07 Å². The summed E-state index contributed by atoms with van der Waals surface area (Å²) >= 11 is 1.72. The molecule has 0 saturated heterocycles. The Morgan fingerprint density at radius 1 is 1.53 bits per heavy atom. The van der Waals surface area contributed by atoms with Crippen molar-refractivity contribution in [2.24, 2.45) is 5.73 Å². The van der Waals surface area contributed by atoms with Crippen molar-refractivity contribution < 1.29 is 9.53 Å². The number of methoxy groups -OCH3 is 1. The summed E-state index contributed by atoms with van der Waals surface area (Å²) in [7, 11) is 1.60. The monoisotopic (exact) mass is 256 g/mol. The number of thiophene rings is 1. The third-order valence-electron chi connectivity index (χ3n) is 2.47. The molecule has 1 aromatic rings. The number of ether oxygens (including phenoxy) is 1. The zero-order valence-electron chi connectivity index (χ0n) is 10.4. The predicted molar refractivity (Wildman–Crippen MR) is 70.0 cm³/mol. The van der Waals surface area contributed by atoms with Gasteiger partial charge in [-0.05, 0) is 25.0 Å². The number of aryl methyl sites for hydroxylation is 1. The lowest BCUT2D eigenvalue weighted by molar-refractivity contribution is -0.122. The van der Waals surface area contributed by atoms with Gasteiger partial charge in [-0.25, -0.2) is 0 Å². The van der Waals surface area contributed by atoms with Crippen LogP contribution in [-0.2, 0) is 22.5 Å². The van der Waals surface area contributed by atoms with Gasteiger partial charge in [0.25, 0.3) is 0 Å². The summed E-state index contributed by atoms with van der Waals surface area (Å²) in [6.07, 6.45) is 1.58. The fourth-order valence-corrected chi connectivity index (χ4v) is 2.29. The van der Waals surface area contributed by atoms with Gasteiger partial charge in [0.05, 0.1) is 12.6 Å². The van der Waals surface area contributed by atoms with E-state index >= 15 is 0 Å². The van der Waals surface area contributed by atoms with Gasteiger partial charge in [0.15, 0.2) is 0 Å². The normalized spacial score (nSPS) is 12.4. The van der Waals surface area contributed by atoms with Crippen LogP contribution in [0.15, 0.2) is 12.1 Å². The van der Waals surface area contributed by atoms with E-state index in [1.54, 1.807) is 18.4 Å². The second-order valence-corrected chi connectivity index (χ2v) is 5.08. The number of carbonyl (C=O) groups excluding carboxylic acids is 1. The smallest absolute Gasteiger partial charge is 0.237 e. The molecular weight excluding hydrogens is 236 g/mol. The zero-order chi connectivity index (χ0) is 12.7. The van der Waals surface area contributed by atoms with Crippen molar-refractivity contribution in [1.29, 1.82) is 0 Å². The molecule has 1 unspecified atom stereocenters. The summed E-state index contributed by atoms with van der Waals surface area (Å²) in [4.78, 5) is 14.1. The fourth-order valence-electron chi connectivity index (χ4n) is 1.39. The van der Waals surface area contributed by atoms with Gasteiger partial charge in [-0.1, -0.05) is 6.92 Å². The van der Waals surface area contributed by atoms with E-state index in [-0.39, 0.29) is 5.91 Å². The van der Waals surface area contributed by atoms with Crippen LogP contribution in [0, 0.1) is 0 Å². The first-order valence-electron chi connectivity index (χ1n) is 5.77. The number of carbonyl (C=O) groups is 1. The van der Waals surface area contributed by atoms with Crippen molar-refractivity contribution in [1.82, 2.24) is 5.32 Å². The number of hydrogen-bond acceptors (Lipinski definition) is 4. The molecule has 0 bridgehead atoms. The Hall–Kier alpha value is -0.910. The first-order chi connectivity index (χ1) is 8.17. The molecule has 96 valence electrons. The molecule has 1 aromatic heterocycles. The summed E-state index contributed by atoms with van der Waals surface area (Å²) in [5.41, 5.74) is 5.71. The maximum absolute atomic E-state index is 11.6. The SMILES string of the molecule is CCc1ccc(CNC(=O)C(N)CCOC)s1. The molecule has 4 nitrogen and oxygen atoms in total. The number of rotatable bonds is 7. The third-order valence-corrected chi connectivity index (χ3v) is 3.70. The second-order valence-electron chi connectivity index (χ2n) is 3.83. The first kappa shape index (κ1) is 14.2. The summed E-state index contributed by atoms with van der Waals surface area (Å²) < 4.78 is 4.89. The Morgan fingerprint density at radius 2 is 2.24 bits per heavy atom. The van der Waals surface area contributed by atoms with Crippen molar-refractivity contribution in [2.75, 3.05) is 13.7 Å². The van der Waals surface area contributed by atoms with E-state index in [1.165, 1.54) is 4.88 Å². The van der Waals surface area contributed by atoms with Crippen LogP contribution in [0.5, 0.6) is 0 Å². The van der Waals surface area contributed by atoms with Gasteiger partial charge in [0, 0.05) is 23.5 Å². The van der Waals surface area contributed by atoms with Crippen LogP contribution in [-0.4, -0.2) is 25.7 Å². The molecule has 1 atom stereocenters. The standard InChI is InChI=1S/C12H20N2O2S/c1-3-9-4-5-10(17-9)8-14-12(15)11(13)6-7-16-2/h4-5,11H,3,6-8,13H2,1-2H3,(H,14,15). The van der Waals surface area contributed by atoms with E-state index < -0.39 is 6.04 Å². The van der Waals surface area contributed by atoms with Gasteiger partial charge < -0.3 is 15.8 Å². The first-order valence-corrected chi connectivity index (χ1v) is 6.58. The molecule has 0 aliphatic carbocycles. The van der Waals surface area contributed by atoms with Gasteiger partial charge in [0.2, 0.25) is 5.91 Å². The average Bonchev–Trinajstić information content (AvgIpc) is 2.80. The fraction of sp³-hybridized carbons (Fsp3) is 0.583. The Bertz CT molecular complexity index is 352. The second kappa shape index (κ2) is 7.42.